The second-order valence-corrected chi connectivity index (χ2v) is 5.20. The fraction of sp³-hybridized carbons (Fsp3) is 0.375. The predicted molar refractivity (Wildman–Crippen MR) is 79.6 cm³/mol. The van der Waals surface area contributed by atoms with Gasteiger partial charge < -0.3 is 10.2 Å². The average molecular weight is 288 g/mol. The number of benzene rings is 1. The first-order chi connectivity index (χ1) is 10.0. The Balaban J connectivity index is 1.77. The lowest BCUT2D eigenvalue weighted by atomic mass is 10.0. The zero-order valence-corrected chi connectivity index (χ0v) is 12.4. The Morgan fingerprint density at radius 2 is 2.05 bits per heavy atom. The van der Waals surface area contributed by atoms with Crippen molar-refractivity contribution >= 4 is 11.7 Å². The van der Waals surface area contributed by atoms with E-state index in [1.165, 1.54) is 11.6 Å². The Kier molecular flexibility index (Phi) is 4.98. The Morgan fingerprint density at radius 1 is 1.24 bits per heavy atom. The normalized spacial score (nSPS) is 14.4. The summed E-state index contributed by atoms with van der Waals surface area (Å²) in [7, 11) is 0. The van der Waals surface area contributed by atoms with Gasteiger partial charge in [-0.15, -0.1) is 0 Å². The third-order valence-electron chi connectivity index (χ3n) is 3.42. The lowest BCUT2D eigenvalue weighted by Gasteiger charge is -2.15. The van der Waals surface area contributed by atoms with Crippen LogP contribution in [0.15, 0.2) is 30.0 Å². The third-order valence-corrected chi connectivity index (χ3v) is 3.42. The fourth-order valence-corrected chi connectivity index (χ4v) is 2.03. The van der Waals surface area contributed by atoms with E-state index in [0.717, 1.165) is 24.1 Å². The first-order valence-electron chi connectivity index (χ1n) is 7.03. The minimum Gasteiger partial charge on any atom is -0.484 e. The quantitative estimate of drug-likeness (QED) is 0.813. The van der Waals surface area contributed by atoms with Crippen LogP contribution in [0, 0.1) is 13.8 Å². The highest BCUT2D eigenvalue weighted by atomic mass is 16.5. The average Bonchev–Trinajstić information content (AvgIpc) is 2.46. The fourth-order valence-electron chi connectivity index (χ4n) is 2.03. The van der Waals surface area contributed by atoms with Gasteiger partial charge in [0.15, 0.2) is 12.4 Å². The minimum atomic E-state index is -0.285. The molecule has 1 aromatic carbocycles. The van der Waals surface area contributed by atoms with Gasteiger partial charge in [0.25, 0.3) is 5.91 Å². The van der Waals surface area contributed by atoms with Gasteiger partial charge in [-0.3, -0.25) is 15.0 Å². The van der Waals surface area contributed by atoms with Crippen molar-refractivity contribution < 1.29 is 14.3 Å². The van der Waals surface area contributed by atoms with Crippen LogP contribution in [0.25, 0.3) is 0 Å². The van der Waals surface area contributed by atoms with Gasteiger partial charge in [-0.25, -0.2) is 0 Å². The van der Waals surface area contributed by atoms with Crippen LogP contribution in [0.3, 0.4) is 0 Å². The smallest absolute Gasteiger partial charge is 0.276 e. The van der Waals surface area contributed by atoms with Crippen molar-refractivity contribution in [1.29, 1.82) is 0 Å². The highest BCUT2D eigenvalue weighted by molar-refractivity contribution is 5.91. The molecule has 0 fully saturated rings. The van der Waals surface area contributed by atoms with Gasteiger partial charge in [-0.2, -0.15) is 0 Å². The van der Waals surface area contributed by atoms with Crippen LogP contribution in [0.5, 0.6) is 5.75 Å². The zero-order chi connectivity index (χ0) is 15.2. The van der Waals surface area contributed by atoms with Crippen molar-refractivity contribution in [3.63, 3.8) is 0 Å². The molecule has 112 valence electrons. The summed E-state index contributed by atoms with van der Waals surface area (Å²) >= 11 is 0. The molecule has 5 nitrogen and oxygen atoms in total. The molecule has 0 bridgehead atoms. The first kappa shape index (κ1) is 15.1. The van der Waals surface area contributed by atoms with Crippen molar-refractivity contribution in [1.82, 2.24) is 10.9 Å². The molecule has 1 aliphatic carbocycles. The van der Waals surface area contributed by atoms with Crippen molar-refractivity contribution in [3.05, 3.63) is 41.1 Å². The molecule has 21 heavy (non-hydrogen) atoms. The molecule has 0 atom stereocenters. The second kappa shape index (κ2) is 6.92. The third kappa shape index (κ3) is 4.63. The lowest BCUT2D eigenvalue weighted by Crippen LogP contribution is -2.40. The standard InChI is InChI=1S/C16H20N2O3/c1-11-6-7-15(8-12(11)2)21-10-16(20)18-17-13-4-3-5-14(19)9-13/h6-9,17H,3-5,10H2,1-2H3,(H,18,20). The summed E-state index contributed by atoms with van der Waals surface area (Å²) in [5.41, 5.74) is 8.35. The monoisotopic (exact) mass is 288 g/mol. The summed E-state index contributed by atoms with van der Waals surface area (Å²) in [5, 5.41) is 0. The molecule has 0 saturated heterocycles. The number of hydrazine groups is 1. The number of ketones is 1. The number of ether oxygens (including phenoxy) is 1. The van der Waals surface area contributed by atoms with Crippen molar-refractivity contribution in [2.75, 3.05) is 6.61 Å². The van der Waals surface area contributed by atoms with Crippen LogP contribution in [-0.4, -0.2) is 18.3 Å². The van der Waals surface area contributed by atoms with Crippen molar-refractivity contribution in [3.8, 4) is 5.75 Å². The second-order valence-electron chi connectivity index (χ2n) is 5.20. The Hall–Kier alpha value is -2.30. The number of hydrogen-bond donors (Lipinski definition) is 2. The number of amides is 1. The number of carbonyl (C=O) groups is 2. The van der Waals surface area contributed by atoms with Crippen molar-refractivity contribution in [2.24, 2.45) is 0 Å². The van der Waals surface area contributed by atoms with E-state index in [-0.39, 0.29) is 18.3 Å². The molecule has 2 N–H and O–H groups in total. The van der Waals surface area contributed by atoms with E-state index in [9.17, 15) is 9.59 Å². The van der Waals surface area contributed by atoms with Gasteiger partial charge in [0.05, 0.1) is 0 Å². The molecular formula is C16H20N2O3. The number of hydrogen-bond acceptors (Lipinski definition) is 4. The molecule has 0 heterocycles. The summed E-state index contributed by atoms with van der Waals surface area (Å²) in [6.45, 7) is 3.95. The summed E-state index contributed by atoms with van der Waals surface area (Å²) in [6.07, 6.45) is 3.69. The molecular weight excluding hydrogens is 268 g/mol. The maximum absolute atomic E-state index is 11.7. The van der Waals surface area contributed by atoms with E-state index < -0.39 is 0 Å². The number of nitrogens with one attached hydrogen (secondary N) is 2. The summed E-state index contributed by atoms with van der Waals surface area (Å²) in [6, 6.07) is 5.70. The van der Waals surface area contributed by atoms with Gasteiger partial charge in [0, 0.05) is 18.2 Å². The number of rotatable bonds is 5. The minimum absolute atomic E-state index is 0.0727. The molecule has 0 aromatic heterocycles. The van der Waals surface area contributed by atoms with E-state index >= 15 is 0 Å². The lowest BCUT2D eigenvalue weighted by molar-refractivity contribution is -0.124. The van der Waals surface area contributed by atoms with Crippen LogP contribution in [0.2, 0.25) is 0 Å². The molecule has 0 spiro atoms. The van der Waals surface area contributed by atoms with Crippen LogP contribution < -0.4 is 15.6 Å². The molecule has 5 heteroatoms. The summed E-state index contributed by atoms with van der Waals surface area (Å²) in [4.78, 5) is 22.9. The van der Waals surface area contributed by atoms with E-state index in [2.05, 4.69) is 10.9 Å². The van der Waals surface area contributed by atoms with Gasteiger partial charge >= 0.3 is 0 Å². The predicted octanol–water partition coefficient (Wildman–Crippen LogP) is 1.94. The van der Waals surface area contributed by atoms with E-state index in [0.29, 0.717) is 12.2 Å². The summed E-state index contributed by atoms with van der Waals surface area (Å²) in [5.74, 6) is 0.469. The number of allylic oxidation sites excluding steroid dienone is 2. The largest absolute Gasteiger partial charge is 0.484 e. The molecule has 1 amide bonds. The number of aryl methyl sites for hydroxylation is 2. The highest BCUT2D eigenvalue weighted by Gasteiger charge is 2.10. The molecule has 1 aliphatic rings. The first-order valence-corrected chi connectivity index (χ1v) is 7.03. The molecule has 1 aromatic rings. The topological polar surface area (TPSA) is 67.4 Å². The van der Waals surface area contributed by atoms with E-state index in [4.69, 9.17) is 4.74 Å². The van der Waals surface area contributed by atoms with E-state index in [1.807, 2.05) is 32.0 Å². The number of carbonyl (C=O) groups excluding carboxylic acids is 2. The molecule has 2 rings (SSSR count). The Morgan fingerprint density at radius 3 is 2.76 bits per heavy atom. The summed E-state index contributed by atoms with van der Waals surface area (Å²) < 4.78 is 5.43. The van der Waals surface area contributed by atoms with Gasteiger partial charge in [0.2, 0.25) is 0 Å². The Labute approximate surface area is 124 Å². The van der Waals surface area contributed by atoms with Gasteiger partial charge in [-0.05, 0) is 49.9 Å². The SMILES string of the molecule is Cc1ccc(OCC(=O)NNC2=CC(=O)CCC2)cc1C. The Bertz CT molecular complexity index is 579. The van der Waals surface area contributed by atoms with Gasteiger partial charge in [0.1, 0.15) is 5.75 Å². The van der Waals surface area contributed by atoms with Crippen LogP contribution in [-0.2, 0) is 9.59 Å². The van der Waals surface area contributed by atoms with Crippen LogP contribution in [0.4, 0.5) is 0 Å². The van der Waals surface area contributed by atoms with E-state index in [1.54, 1.807) is 0 Å². The molecule has 0 unspecified atom stereocenters. The van der Waals surface area contributed by atoms with Crippen LogP contribution in [0.1, 0.15) is 30.4 Å². The van der Waals surface area contributed by atoms with Gasteiger partial charge in [-0.1, -0.05) is 6.07 Å². The maximum Gasteiger partial charge on any atom is 0.276 e. The maximum atomic E-state index is 11.7. The highest BCUT2D eigenvalue weighted by Crippen LogP contribution is 2.16. The molecule has 0 saturated carbocycles. The molecule has 0 aliphatic heterocycles. The van der Waals surface area contributed by atoms with Crippen molar-refractivity contribution in [2.45, 2.75) is 33.1 Å². The zero-order valence-electron chi connectivity index (χ0n) is 12.4. The van der Waals surface area contributed by atoms with Crippen LogP contribution >= 0.6 is 0 Å². The molecule has 0 radical (unpaired) electrons.